The van der Waals surface area contributed by atoms with E-state index in [1.54, 1.807) is 14.2 Å². The van der Waals surface area contributed by atoms with E-state index in [1.807, 2.05) is 54.6 Å². The van der Waals surface area contributed by atoms with Crippen molar-refractivity contribution >= 4 is 17.4 Å². The van der Waals surface area contributed by atoms with E-state index >= 15 is 0 Å². The molecule has 194 valence electrons. The molecule has 0 saturated carbocycles. The summed E-state index contributed by atoms with van der Waals surface area (Å²) in [5.74, 6) is 3.09. The second-order valence-corrected chi connectivity index (χ2v) is 9.75. The van der Waals surface area contributed by atoms with Crippen molar-refractivity contribution in [2.75, 3.05) is 37.5 Å². The zero-order valence-corrected chi connectivity index (χ0v) is 21.5. The lowest BCUT2D eigenvalue weighted by Gasteiger charge is -2.30. The van der Waals surface area contributed by atoms with Gasteiger partial charge in [-0.2, -0.15) is 0 Å². The number of rotatable bonds is 7. The predicted molar refractivity (Wildman–Crippen MR) is 144 cm³/mol. The Balaban J connectivity index is 1.18. The minimum Gasteiger partial charge on any atom is -0.497 e. The van der Waals surface area contributed by atoms with Gasteiger partial charge in [0.05, 0.1) is 26.0 Å². The molecule has 2 aliphatic rings. The zero-order chi connectivity index (χ0) is 25.8. The van der Waals surface area contributed by atoms with Crippen LogP contribution in [0.1, 0.15) is 37.8 Å². The van der Waals surface area contributed by atoms with Gasteiger partial charge >= 0.3 is 0 Å². The highest BCUT2D eigenvalue weighted by atomic mass is 16.5. The maximum absolute atomic E-state index is 12.9. The molecule has 1 amide bonds. The average Bonchev–Trinajstić information content (AvgIpc) is 3.44. The summed E-state index contributed by atoms with van der Waals surface area (Å²) in [6.07, 6.45) is 2.96. The molecule has 37 heavy (non-hydrogen) atoms. The first-order valence-corrected chi connectivity index (χ1v) is 12.8. The van der Waals surface area contributed by atoms with Gasteiger partial charge in [-0.05, 0) is 67.6 Å². The molecule has 2 atom stereocenters. The Morgan fingerprint density at radius 1 is 0.973 bits per heavy atom. The number of carbonyl (C=O) groups excluding carboxylic acids is 1. The largest absolute Gasteiger partial charge is 0.497 e. The van der Waals surface area contributed by atoms with Gasteiger partial charge in [-0.25, -0.2) is 10.9 Å². The van der Waals surface area contributed by atoms with Crippen LogP contribution in [0.15, 0.2) is 54.6 Å². The lowest BCUT2D eigenvalue weighted by Crippen LogP contribution is -2.39. The summed E-state index contributed by atoms with van der Waals surface area (Å²) in [6, 6.07) is 16.9. The Morgan fingerprint density at radius 3 is 2.43 bits per heavy atom. The van der Waals surface area contributed by atoms with Crippen molar-refractivity contribution in [3.05, 3.63) is 60.2 Å². The number of hydrogen-bond acceptors (Lipinski definition) is 8. The number of hydrogen-bond donors (Lipinski definition) is 3. The van der Waals surface area contributed by atoms with E-state index in [-0.39, 0.29) is 11.9 Å². The SMILES string of the molecule is COc1ccc(OC)c(C2CC(C(=O)Nc3ccc(-c4ccc(N5CCC(C)CC5)nn4)cc3)NN2)c1. The summed E-state index contributed by atoms with van der Waals surface area (Å²) in [6.45, 7) is 4.36. The van der Waals surface area contributed by atoms with Crippen LogP contribution < -0.4 is 30.5 Å². The fraction of sp³-hybridized carbons (Fsp3) is 0.393. The Labute approximate surface area is 217 Å². The van der Waals surface area contributed by atoms with E-state index in [4.69, 9.17) is 9.47 Å². The van der Waals surface area contributed by atoms with Crippen LogP contribution in [-0.2, 0) is 4.79 Å². The lowest BCUT2D eigenvalue weighted by atomic mass is 9.99. The maximum atomic E-state index is 12.9. The standard InChI is InChI=1S/C28H34N6O3/c1-18-12-14-34(15-13-18)27-11-9-23(30-33-27)19-4-6-20(7-5-19)29-28(35)25-17-24(31-32-25)22-16-21(36-2)8-10-26(22)37-3/h4-11,16,18,24-25,31-32H,12-15,17H2,1-3H3,(H,29,35). The third-order valence-corrected chi connectivity index (χ3v) is 7.24. The molecule has 2 unspecified atom stereocenters. The second-order valence-electron chi connectivity index (χ2n) is 9.75. The molecule has 9 nitrogen and oxygen atoms in total. The van der Waals surface area contributed by atoms with Crippen LogP contribution >= 0.6 is 0 Å². The van der Waals surface area contributed by atoms with Crippen LogP contribution in [0.3, 0.4) is 0 Å². The van der Waals surface area contributed by atoms with Crippen molar-refractivity contribution in [1.29, 1.82) is 0 Å². The number of benzene rings is 2. The van der Waals surface area contributed by atoms with Crippen LogP contribution in [0.25, 0.3) is 11.3 Å². The third-order valence-electron chi connectivity index (χ3n) is 7.24. The monoisotopic (exact) mass is 502 g/mol. The number of ether oxygens (including phenoxy) is 2. The summed E-state index contributed by atoms with van der Waals surface area (Å²) in [5, 5.41) is 11.9. The highest BCUT2D eigenvalue weighted by molar-refractivity contribution is 5.95. The lowest BCUT2D eigenvalue weighted by molar-refractivity contribution is -0.117. The fourth-order valence-electron chi connectivity index (χ4n) is 4.88. The topological polar surface area (TPSA) is 101 Å². The van der Waals surface area contributed by atoms with Gasteiger partial charge in [0, 0.05) is 29.9 Å². The molecule has 0 radical (unpaired) electrons. The maximum Gasteiger partial charge on any atom is 0.242 e. The molecule has 9 heteroatoms. The number of piperidine rings is 1. The van der Waals surface area contributed by atoms with E-state index in [1.165, 1.54) is 12.8 Å². The fourth-order valence-corrected chi connectivity index (χ4v) is 4.88. The Kier molecular flexibility index (Phi) is 7.52. The van der Waals surface area contributed by atoms with E-state index in [0.29, 0.717) is 6.42 Å². The number of amides is 1. The molecule has 3 N–H and O–H groups in total. The first-order valence-electron chi connectivity index (χ1n) is 12.8. The van der Waals surface area contributed by atoms with E-state index in [9.17, 15) is 4.79 Å². The Bertz CT molecular complexity index is 1210. The highest BCUT2D eigenvalue weighted by Crippen LogP contribution is 2.33. The van der Waals surface area contributed by atoms with Crippen LogP contribution in [-0.4, -0.2) is 49.5 Å². The zero-order valence-electron chi connectivity index (χ0n) is 21.5. The summed E-state index contributed by atoms with van der Waals surface area (Å²) in [4.78, 5) is 15.2. The summed E-state index contributed by atoms with van der Waals surface area (Å²) < 4.78 is 10.9. The Hall–Kier alpha value is -3.69. The number of nitrogens with one attached hydrogen (secondary N) is 3. The number of nitrogens with zero attached hydrogens (tertiary/aromatic N) is 3. The first-order chi connectivity index (χ1) is 18.0. The summed E-state index contributed by atoms with van der Waals surface area (Å²) in [7, 11) is 3.27. The van der Waals surface area contributed by atoms with Crippen molar-refractivity contribution in [2.24, 2.45) is 5.92 Å². The smallest absolute Gasteiger partial charge is 0.242 e. The second kappa shape index (κ2) is 11.1. The number of methoxy groups -OCH3 is 2. The number of hydrazine groups is 1. The van der Waals surface area contributed by atoms with Gasteiger partial charge in [-0.1, -0.05) is 19.1 Å². The van der Waals surface area contributed by atoms with Gasteiger partial charge in [0.2, 0.25) is 5.91 Å². The Morgan fingerprint density at radius 2 is 1.76 bits per heavy atom. The minimum atomic E-state index is -0.392. The first kappa shape index (κ1) is 25.0. The summed E-state index contributed by atoms with van der Waals surface area (Å²) in [5.41, 5.74) is 9.75. The third kappa shape index (κ3) is 5.68. The van der Waals surface area contributed by atoms with Crippen LogP contribution in [0, 0.1) is 5.92 Å². The van der Waals surface area contributed by atoms with E-state index in [2.05, 4.69) is 38.2 Å². The van der Waals surface area contributed by atoms with Gasteiger partial charge in [-0.3, -0.25) is 4.79 Å². The number of aromatic nitrogens is 2. The molecule has 0 spiro atoms. The molecule has 3 heterocycles. The van der Waals surface area contributed by atoms with Crippen molar-refractivity contribution in [2.45, 2.75) is 38.3 Å². The van der Waals surface area contributed by atoms with Crippen LogP contribution in [0.4, 0.5) is 11.5 Å². The molecule has 5 rings (SSSR count). The molecule has 0 bridgehead atoms. The highest BCUT2D eigenvalue weighted by Gasteiger charge is 2.32. The van der Waals surface area contributed by atoms with Gasteiger partial charge < -0.3 is 19.7 Å². The quantitative estimate of drug-likeness (QED) is 0.447. The van der Waals surface area contributed by atoms with Gasteiger partial charge in [0.25, 0.3) is 0 Å². The van der Waals surface area contributed by atoms with Crippen molar-refractivity contribution in [3.8, 4) is 22.8 Å². The molecule has 2 fully saturated rings. The minimum absolute atomic E-state index is 0.0851. The van der Waals surface area contributed by atoms with Gasteiger partial charge in [-0.15, -0.1) is 10.2 Å². The molecule has 2 saturated heterocycles. The van der Waals surface area contributed by atoms with Gasteiger partial charge in [0.15, 0.2) is 5.82 Å². The normalized spacial score (nSPS) is 20.0. The van der Waals surface area contributed by atoms with Crippen LogP contribution in [0.5, 0.6) is 11.5 Å². The van der Waals surface area contributed by atoms with E-state index in [0.717, 1.165) is 58.8 Å². The molecule has 3 aromatic rings. The molecule has 1 aromatic heterocycles. The number of anilines is 2. The van der Waals surface area contributed by atoms with Gasteiger partial charge in [0.1, 0.15) is 17.5 Å². The van der Waals surface area contributed by atoms with Crippen molar-refractivity contribution < 1.29 is 14.3 Å². The molecule has 0 aliphatic carbocycles. The van der Waals surface area contributed by atoms with E-state index < -0.39 is 6.04 Å². The molecular formula is C28H34N6O3. The molecular weight excluding hydrogens is 468 g/mol. The van der Waals surface area contributed by atoms with Crippen molar-refractivity contribution in [1.82, 2.24) is 21.0 Å². The summed E-state index contributed by atoms with van der Waals surface area (Å²) >= 11 is 0. The van der Waals surface area contributed by atoms with Crippen LogP contribution in [0.2, 0.25) is 0 Å². The molecule has 2 aromatic carbocycles. The molecule has 2 aliphatic heterocycles. The predicted octanol–water partition coefficient (Wildman–Crippen LogP) is 3.94. The number of carbonyl (C=O) groups is 1. The van der Waals surface area contributed by atoms with Crippen molar-refractivity contribution in [3.63, 3.8) is 0 Å². The average molecular weight is 503 g/mol.